The summed E-state index contributed by atoms with van der Waals surface area (Å²) in [5.41, 5.74) is 19.9. The van der Waals surface area contributed by atoms with Crippen molar-refractivity contribution < 1.29 is 0 Å². The van der Waals surface area contributed by atoms with Crippen molar-refractivity contribution in [3.05, 3.63) is 127 Å². The van der Waals surface area contributed by atoms with Gasteiger partial charge < -0.3 is 0 Å². The number of hydrogen-bond donors (Lipinski definition) is 0. The lowest BCUT2D eigenvalue weighted by Gasteiger charge is -2.40. The molecule has 0 aliphatic heterocycles. The van der Waals surface area contributed by atoms with E-state index in [1.807, 2.05) is 0 Å². The van der Waals surface area contributed by atoms with E-state index in [-0.39, 0.29) is 10.8 Å². The molecule has 1 aliphatic rings. The van der Waals surface area contributed by atoms with Crippen molar-refractivity contribution in [3.63, 3.8) is 0 Å². The summed E-state index contributed by atoms with van der Waals surface area (Å²) in [5.74, 6) is 0.967. The van der Waals surface area contributed by atoms with E-state index in [0.29, 0.717) is 11.8 Å². The van der Waals surface area contributed by atoms with Crippen LogP contribution in [0.5, 0.6) is 0 Å². The molecule has 0 nitrogen and oxygen atoms in total. The van der Waals surface area contributed by atoms with Gasteiger partial charge in [-0.2, -0.15) is 0 Å². The Labute approximate surface area is 288 Å². The normalized spacial score (nSPS) is 14.2. The van der Waals surface area contributed by atoms with E-state index >= 15 is 0 Å². The molecule has 0 heteroatoms. The maximum absolute atomic E-state index is 2.64. The molecular weight excluding hydrogens is 565 g/mol. The molecule has 0 atom stereocenters. The van der Waals surface area contributed by atoms with Gasteiger partial charge in [-0.25, -0.2) is 0 Å². The lowest BCUT2D eigenvalue weighted by atomic mass is 9.61. The Morgan fingerprint density at radius 2 is 0.787 bits per heavy atom. The van der Waals surface area contributed by atoms with E-state index in [1.54, 1.807) is 0 Å². The van der Waals surface area contributed by atoms with Gasteiger partial charge in [0, 0.05) is 0 Å². The Kier molecular flexibility index (Phi) is 9.53. The Balaban J connectivity index is 2.08. The van der Waals surface area contributed by atoms with Crippen LogP contribution < -0.4 is 0 Å². The molecule has 1 aliphatic carbocycles. The van der Waals surface area contributed by atoms with Gasteiger partial charge in [-0.15, -0.1) is 0 Å². The summed E-state index contributed by atoms with van der Waals surface area (Å²) >= 11 is 0. The second kappa shape index (κ2) is 12.7. The maximum atomic E-state index is 2.64. The maximum Gasteiger partial charge on any atom is 0.0723 e. The van der Waals surface area contributed by atoms with E-state index in [4.69, 9.17) is 0 Å². The van der Waals surface area contributed by atoms with Crippen molar-refractivity contribution in [2.75, 3.05) is 0 Å². The highest BCUT2D eigenvalue weighted by atomic mass is 14.5. The fourth-order valence-corrected chi connectivity index (χ4v) is 8.90. The van der Waals surface area contributed by atoms with Gasteiger partial charge in [-0.1, -0.05) is 130 Å². The zero-order valence-electron chi connectivity index (χ0n) is 32.3. The molecule has 4 aromatic carbocycles. The van der Waals surface area contributed by atoms with E-state index in [1.165, 1.54) is 77.9 Å². The molecule has 4 aromatic rings. The van der Waals surface area contributed by atoms with Crippen LogP contribution in [0.4, 0.5) is 0 Å². The molecule has 0 N–H and O–H groups in total. The minimum atomic E-state index is -0.422. The summed E-state index contributed by atoms with van der Waals surface area (Å²) in [6.07, 6.45) is 4.50. The topological polar surface area (TPSA) is 0 Å². The van der Waals surface area contributed by atoms with Crippen LogP contribution in [0.25, 0.3) is 11.1 Å². The highest BCUT2D eigenvalue weighted by Crippen LogP contribution is 2.60. The van der Waals surface area contributed by atoms with Gasteiger partial charge in [0.25, 0.3) is 0 Å². The smallest absolute Gasteiger partial charge is 0.0645 e. The van der Waals surface area contributed by atoms with Gasteiger partial charge in [0.1, 0.15) is 0 Å². The number of aryl methyl sites for hydroxylation is 4. The standard InChI is InChI=1S/C47H62/c1-15-45(13,16-2)37-19-21-39-40-22-20-38(46(14,17-3)18-4)28-42(40)47(41(39)27-37,43-31(9)23-35(29(5)6)24-32(43)10)44-33(11)25-36(30(7)8)26-34(44)12/h19-30H,15-18H2,1-14H3. The average molecular weight is 627 g/mol. The highest BCUT2D eigenvalue weighted by molar-refractivity contribution is 5.88. The first kappa shape index (κ1) is 35.2. The van der Waals surface area contributed by atoms with Gasteiger partial charge >= 0.3 is 0 Å². The SMILES string of the molecule is CCC(C)(CC)c1ccc2c(c1)C(c1c(C)cc(C(C)C)cc1C)(c1c(C)cc(C(C)C)cc1C)c1cc(C(C)(CC)CC)ccc1-2. The number of rotatable bonds is 10. The zero-order valence-corrected chi connectivity index (χ0v) is 32.3. The zero-order chi connectivity index (χ0) is 34.6. The Morgan fingerprint density at radius 1 is 0.489 bits per heavy atom. The van der Waals surface area contributed by atoms with Crippen molar-refractivity contribution in [1.29, 1.82) is 0 Å². The fraction of sp³-hybridized carbons (Fsp3) is 0.489. The first-order valence-corrected chi connectivity index (χ1v) is 18.7. The number of benzene rings is 4. The van der Waals surface area contributed by atoms with Crippen LogP contribution in [0, 0.1) is 27.7 Å². The molecule has 0 aromatic heterocycles. The van der Waals surface area contributed by atoms with Crippen molar-refractivity contribution in [2.45, 2.75) is 151 Å². The van der Waals surface area contributed by atoms with Gasteiger partial charge in [0.2, 0.25) is 0 Å². The first-order chi connectivity index (χ1) is 22.1. The molecule has 0 radical (unpaired) electrons. The van der Waals surface area contributed by atoms with Crippen molar-refractivity contribution in [1.82, 2.24) is 0 Å². The molecule has 47 heavy (non-hydrogen) atoms. The monoisotopic (exact) mass is 626 g/mol. The van der Waals surface area contributed by atoms with Crippen molar-refractivity contribution >= 4 is 0 Å². The Bertz CT molecular complexity index is 1600. The third-order valence-electron chi connectivity index (χ3n) is 12.8. The highest BCUT2D eigenvalue weighted by Gasteiger charge is 2.50. The van der Waals surface area contributed by atoms with Crippen molar-refractivity contribution in [3.8, 4) is 11.1 Å². The van der Waals surface area contributed by atoms with Crippen LogP contribution in [0.1, 0.15) is 174 Å². The molecular formula is C47H62. The molecule has 0 bridgehead atoms. The van der Waals surface area contributed by atoms with E-state index in [9.17, 15) is 0 Å². The molecule has 0 saturated carbocycles. The Morgan fingerprint density at radius 3 is 1.04 bits per heavy atom. The van der Waals surface area contributed by atoms with Gasteiger partial charge in [-0.3, -0.25) is 0 Å². The van der Waals surface area contributed by atoms with Crippen LogP contribution in [0.3, 0.4) is 0 Å². The molecule has 5 rings (SSSR count). The van der Waals surface area contributed by atoms with Crippen LogP contribution in [0.15, 0.2) is 60.7 Å². The lowest BCUT2D eigenvalue weighted by molar-refractivity contribution is 0.437. The fourth-order valence-electron chi connectivity index (χ4n) is 8.90. The molecule has 0 saturated heterocycles. The average Bonchev–Trinajstić information content (AvgIpc) is 3.32. The van der Waals surface area contributed by atoms with E-state index in [0.717, 1.165) is 25.7 Å². The van der Waals surface area contributed by atoms with Gasteiger partial charge in [-0.05, 0) is 154 Å². The second-order valence-corrected chi connectivity index (χ2v) is 16.2. The summed E-state index contributed by atoms with van der Waals surface area (Å²) in [6.45, 7) is 33.2. The quantitative estimate of drug-likeness (QED) is 0.145. The largest absolute Gasteiger partial charge is 0.0723 e. The van der Waals surface area contributed by atoms with E-state index < -0.39 is 5.41 Å². The minimum Gasteiger partial charge on any atom is -0.0645 e. The molecule has 0 unspecified atom stereocenters. The molecule has 0 heterocycles. The third kappa shape index (κ3) is 5.43. The van der Waals surface area contributed by atoms with Crippen LogP contribution in [0.2, 0.25) is 0 Å². The number of hydrogen-bond acceptors (Lipinski definition) is 0. The molecule has 0 spiro atoms. The first-order valence-electron chi connectivity index (χ1n) is 18.7. The van der Waals surface area contributed by atoms with Crippen LogP contribution >= 0.6 is 0 Å². The van der Waals surface area contributed by atoms with E-state index in [2.05, 4.69) is 158 Å². The van der Waals surface area contributed by atoms with Crippen LogP contribution in [-0.4, -0.2) is 0 Å². The summed E-state index contributed by atoms with van der Waals surface area (Å²) in [4.78, 5) is 0. The molecule has 0 fully saturated rings. The summed E-state index contributed by atoms with van der Waals surface area (Å²) in [7, 11) is 0. The lowest BCUT2D eigenvalue weighted by Crippen LogP contribution is -2.34. The predicted molar refractivity (Wildman–Crippen MR) is 207 cm³/mol. The van der Waals surface area contributed by atoms with Gasteiger partial charge in [0.15, 0.2) is 0 Å². The molecule has 0 amide bonds. The predicted octanol–water partition coefficient (Wildman–Crippen LogP) is 13.7. The summed E-state index contributed by atoms with van der Waals surface area (Å²) in [6, 6.07) is 25.1. The number of fused-ring (bicyclic) bond motifs is 3. The van der Waals surface area contributed by atoms with Crippen molar-refractivity contribution in [2.24, 2.45) is 0 Å². The minimum absolute atomic E-state index is 0.126. The summed E-state index contributed by atoms with van der Waals surface area (Å²) < 4.78 is 0. The molecule has 250 valence electrons. The second-order valence-electron chi connectivity index (χ2n) is 16.2. The Hall–Kier alpha value is -3.12. The van der Waals surface area contributed by atoms with Gasteiger partial charge in [0.05, 0.1) is 5.41 Å². The third-order valence-corrected chi connectivity index (χ3v) is 12.8. The van der Waals surface area contributed by atoms with Crippen LogP contribution in [-0.2, 0) is 16.2 Å². The summed E-state index contributed by atoms with van der Waals surface area (Å²) in [5, 5.41) is 0.